The number of benzene rings is 1. The first-order valence-corrected chi connectivity index (χ1v) is 3.36. The minimum atomic E-state index is 0. The fourth-order valence-corrected chi connectivity index (χ4v) is 0.817. The molecule has 0 saturated carbocycles. The zero-order chi connectivity index (χ0) is 8.27. The number of anilines is 1. The monoisotopic (exact) mass is 219 g/mol. The Balaban J connectivity index is 0. The van der Waals surface area contributed by atoms with Crippen molar-refractivity contribution in [2.45, 2.75) is 0 Å². The van der Waals surface area contributed by atoms with Crippen molar-refractivity contribution >= 4 is 23.8 Å². The molecule has 0 atom stereocenters. The van der Waals surface area contributed by atoms with Crippen molar-refractivity contribution in [1.82, 2.24) is 0 Å². The third kappa shape index (κ3) is 3.97. The van der Waals surface area contributed by atoms with E-state index in [4.69, 9.17) is 5.39 Å². The first kappa shape index (κ1) is 14.5. The van der Waals surface area contributed by atoms with E-state index in [-0.39, 0.29) is 24.8 Å². The first-order chi connectivity index (χ1) is 5.24. The molecule has 1 rings (SSSR count). The van der Waals surface area contributed by atoms with Crippen LogP contribution in [0.1, 0.15) is 0 Å². The Morgan fingerprint density at radius 2 is 1.62 bits per heavy atom. The Kier molecular flexibility index (Phi) is 7.30. The van der Waals surface area contributed by atoms with E-state index in [1.54, 1.807) is 12.1 Å². The predicted octanol–water partition coefficient (Wildman–Crippen LogP) is -0.337. The lowest BCUT2D eigenvalue weighted by molar-refractivity contribution is -0.00000272. The van der Waals surface area contributed by atoms with Crippen LogP contribution in [0, 0.1) is 5.39 Å². The average molecular weight is 220 g/mol. The van der Waals surface area contributed by atoms with Gasteiger partial charge in [-0.15, -0.1) is 12.4 Å². The molecule has 72 valence electrons. The molecule has 0 saturated heterocycles. The van der Waals surface area contributed by atoms with E-state index >= 15 is 0 Å². The number of hydrogen-bond acceptors (Lipinski definition) is 2. The fraction of sp³-hybridized carbons (Fsp3) is 0.250. The van der Waals surface area contributed by atoms with Gasteiger partial charge in [0.2, 0.25) is 5.39 Å². The smallest absolute Gasteiger partial charge is 0.385 e. The molecule has 13 heavy (non-hydrogen) atoms. The molecule has 5 heteroatoms. The third-order valence-corrected chi connectivity index (χ3v) is 1.48. The highest BCUT2D eigenvalue weighted by atomic mass is 35.5. The molecule has 0 fully saturated rings. The van der Waals surface area contributed by atoms with Gasteiger partial charge in [-0.1, -0.05) is 0 Å². The van der Waals surface area contributed by atoms with E-state index in [9.17, 15) is 0 Å². The Morgan fingerprint density at radius 1 is 1.15 bits per heavy atom. The molecule has 0 aliphatic rings. The van der Waals surface area contributed by atoms with Gasteiger partial charge in [0.1, 0.15) is 0 Å². The largest absolute Gasteiger partial charge is 1.00 e. The molecule has 0 spiro atoms. The summed E-state index contributed by atoms with van der Waals surface area (Å²) in [7, 11) is 3.93. The lowest BCUT2D eigenvalue weighted by Gasteiger charge is -2.09. The fourth-order valence-electron chi connectivity index (χ4n) is 0.817. The second-order valence-corrected chi connectivity index (χ2v) is 2.51. The molecule has 0 N–H and O–H groups in total. The van der Waals surface area contributed by atoms with Crippen molar-refractivity contribution < 1.29 is 12.4 Å². The SMILES string of the molecule is CN(C)c1ccc([N+]#N)cc1.Cl.[Cl-]. The van der Waals surface area contributed by atoms with Crippen LogP contribution in [0.25, 0.3) is 4.98 Å². The minimum absolute atomic E-state index is 0. The lowest BCUT2D eigenvalue weighted by atomic mass is 10.3. The van der Waals surface area contributed by atoms with E-state index in [1.807, 2.05) is 31.1 Å². The maximum atomic E-state index is 8.38. The second-order valence-electron chi connectivity index (χ2n) is 2.51. The van der Waals surface area contributed by atoms with E-state index in [1.165, 1.54) is 0 Å². The molecule has 3 nitrogen and oxygen atoms in total. The predicted molar refractivity (Wildman–Crippen MR) is 52.8 cm³/mol. The molecule has 0 unspecified atom stereocenters. The van der Waals surface area contributed by atoms with Crippen LogP contribution in [-0.2, 0) is 0 Å². The van der Waals surface area contributed by atoms with E-state index < -0.39 is 0 Å². The molecule has 0 aromatic heterocycles. The number of diazo groups is 1. The molecule has 1 aromatic carbocycles. The molecule has 0 aliphatic carbocycles. The maximum absolute atomic E-state index is 8.38. The molecule has 1 aromatic rings. The van der Waals surface area contributed by atoms with Crippen molar-refractivity contribution in [2.75, 3.05) is 19.0 Å². The maximum Gasteiger partial charge on any atom is 0.385 e. The van der Waals surface area contributed by atoms with Crippen LogP contribution in [0.2, 0.25) is 0 Å². The van der Waals surface area contributed by atoms with Crippen LogP contribution in [0.5, 0.6) is 0 Å². The molecule has 0 heterocycles. The van der Waals surface area contributed by atoms with Gasteiger partial charge in [0.05, 0.1) is 0 Å². The van der Waals surface area contributed by atoms with Gasteiger partial charge in [0, 0.05) is 31.9 Å². The summed E-state index contributed by atoms with van der Waals surface area (Å²) in [5.74, 6) is 0. The summed E-state index contributed by atoms with van der Waals surface area (Å²) in [6.45, 7) is 0. The minimum Gasteiger partial charge on any atom is -1.00 e. The van der Waals surface area contributed by atoms with Gasteiger partial charge in [-0.2, -0.15) is 0 Å². The van der Waals surface area contributed by atoms with Crippen molar-refractivity contribution in [3.8, 4) is 0 Å². The summed E-state index contributed by atoms with van der Waals surface area (Å²) < 4.78 is 0. The highest BCUT2D eigenvalue weighted by molar-refractivity contribution is 5.85. The first-order valence-electron chi connectivity index (χ1n) is 3.36. The van der Waals surface area contributed by atoms with Crippen molar-refractivity contribution in [1.29, 1.82) is 5.39 Å². The Bertz CT molecular complexity index is 276. The normalized spacial score (nSPS) is 7.46. The van der Waals surface area contributed by atoms with Crippen LogP contribution in [0.3, 0.4) is 0 Å². The van der Waals surface area contributed by atoms with Gasteiger partial charge >= 0.3 is 5.69 Å². The Labute approximate surface area is 90.2 Å². The highest BCUT2D eigenvalue weighted by Crippen LogP contribution is 2.17. The number of halogens is 2. The molecule has 0 radical (unpaired) electrons. The number of hydrogen-bond donors (Lipinski definition) is 0. The van der Waals surface area contributed by atoms with Gasteiger partial charge in [-0.05, 0) is 12.1 Å². The Hall–Kier alpha value is -0.980. The second kappa shape index (κ2) is 6.53. The van der Waals surface area contributed by atoms with Crippen LogP contribution in [0.4, 0.5) is 11.4 Å². The zero-order valence-corrected chi connectivity index (χ0v) is 9.01. The summed E-state index contributed by atoms with van der Waals surface area (Å²) in [6.07, 6.45) is 0. The van der Waals surface area contributed by atoms with Crippen molar-refractivity contribution in [3.05, 3.63) is 29.2 Å². The average Bonchev–Trinajstić information content (AvgIpc) is 2.05. The summed E-state index contributed by atoms with van der Waals surface area (Å²) in [6, 6.07) is 7.31. The topological polar surface area (TPSA) is 31.4 Å². The van der Waals surface area contributed by atoms with Gasteiger partial charge < -0.3 is 17.3 Å². The molecule has 0 aliphatic heterocycles. The van der Waals surface area contributed by atoms with Crippen molar-refractivity contribution in [2.24, 2.45) is 0 Å². The standard InChI is InChI=1S/C8H10N3.2ClH/c1-11(2)8-5-3-7(10-9)4-6-8;;/h3-6H,1-2H3;2*1H/q+1;;/p-1. The van der Waals surface area contributed by atoms with Crippen LogP contribution in [-0.4, -0.2) is 14.1 Å². The van der Waals surface area contributed by atoms with E-state index in [0.29, 0.717) is 5.69 Å². The summed E-state index contributed by atoms with van der Waals surface area (Å²) in [4.78, 5) is 5.04. The number of nitrogens with zero attached hydrogens (tertiary/aromatic N) is 3. The van der Waals surface area contributed by atoms with Crippen molar-refractivity contribution in [3.63, 3.8) is 0 Å². The van der Waals surface area contributed by atoms with Gasteiger partial charge in [0.15, 0.2) is 4.98 Å². The zero-order valence-electron chi connectivity index (χ0n) is 7.44. The molecular formula is C8H11Cl2N3. The molecular weight excluding hydrogens is 209 g/mol. The number of rotatable bonds is 1. The third-order valence-electron chi connectivity index (χ3n) is 1.48. The van der Waals surface area contributed by atoms with Gasteiger partial charge in [0.25, 0.3) is 0 Å². The Morgan fingerprint density at radius 3 is 1.92 bits per heavy atom. The summed E-state index contributed by atoms with van der Waals surface area (Å²) >= 11 is 0. The van der Waals surface area contributed by atoms with E-state index in [0.717, 1.165) is 5.69 Å². The highest BCUT2D eigenvalue weighted by Gasteiger charge is 2.02. The summed E-state index contributed by atoms with van der Waals surface area (Å²) in [5, 5.41) is 8.38. The van der Waals surface area contributed by atoms with Gasteiger partial charge in [-0.3, -0.25) is 0 Å². The van der Waals surface area contributed by atoms with Gasteiger partial charge in [-0.25, -0.2) is 0 Å². The van der Waals surface area contributed by atoms with E-state index in [2.05, 4.69) is 4.98 Å². The van der Waals surface area contributed by atoms with Crippen LogP contribution < -0.4 is 17.3 Å². The van der Waals surface area contributed by atoms with Crippen LogP contribution in [0.15, 0.2) is 24.3 Å². The lowest BCUT2D eigenvalue weighted by Crippen LogP contribution is -3.00. The van der Waals surface area contributed by atoms with Crippen LogP contribution >= 0.6 is 12.4 Å². The summed E-state index contributed by atoms with van der Waals surface area (Å²) in [5.41, 5.74) is 1.67. The molecule has 0 bridgehead atoms. The quantitative estimate of drug-likeness (QED) is 0.606. The molecule has 0 amide bonds.